The molecule has 0 bridgehead atoms. The van der Waals surface area contributed by atoms with E-state index < -0.39 is 18.1 Å². The molecule has 0 saturated carbocycles. The van der Waals surface area contributed by atoms with E-state index in [4.69, 9.17) is 4.42 Å². The molecule has 0 radical (unpaired) electrons. The van der Waals surface area contributed by atoms with Gasteiger partial charge in [-0.2, -0.15) is 0 Å². The molecule has 28 heavy (non-hydrogen) atoms. The van der Waals surface area contributed by atoms with Crippen molar-refractivity contribution in [1.82, 2.24) is 15.5 Å². The summed E-state index contributed by atoms with van der Waals surface area (Å²) >= 11 is 0. The number of furan rings is 1. The number of nitrogens with one attached hydrogen (secondary N) is 2. The lowest BCUT2D eigenvalue weighted by atomic mass is 10.1. The fourth-order valence-electron chi connectivity index (χ4n) is 3.12. The van der Waals surface area contributed by atoms with Crippen molar-refractivity contribution in [1.29, 1.82) is 0 Å². The lowest BCUT2D eigenvalue weighted by Gasteiger charge is -2.17. The second kappa shape index (κ2) is 9.18. The number of hydrogen-bond donors (Lipinski definition) is 3. The summed E-state index contributed by atoms with van der Waals surface area (Å²) in [5.41, 5.74) is 1.01. The van der Waals surface area contributed by atoms with Crippen molar-refractivity contribution in [2.75, 3.05) is 6.61 Å². The van der Waals surface area contributed by atoms with Gasteiger partial charge in [-0.25, -0.2) is 4.79 Å². The third-order valence-electron chi connectivity index (χ3n) is 4.57. The minimum Gasteiger partial charge on any atom is -0.467 e. The Morgan fingerprint density at radius 3 is 2.68 bits per heavy atom. The Balaban J connectivity index is 1.47. The van der Waals surface area contributed by atoms with Crippen molar-refractivity contribution in [3.63, 3.8) is 0 Å². The molecule has 1 fully saturated rings. The molecular weight excluding hydrogens is 362 g/mol. The van der Waals surface area contributed by atoms with E-state index in [1.165, 1.54) is 6.26 Å². The summed E-state index contributed by atoms with van der Waals surface area (Å²) in [5.74, 6) is -0.146. The normalized spacial score (nSPS) is 17.5. The number of hydrogen-bond acceptors (Lipinski definition) is 5. The molecule has 2 unspecified atom stereocenters. The molecule has 8 nitrogen and oxygen atoms in total. The second-order valence-corrected chi connectivity index (χ2v) is 6.68. The van der Waals surface area contributed by atoms with Gasteiger partial charge in [-0.1, -0.05) is 30.3 Å². The number of aliphatic hydroxyl groups is 1. The summed E-state index contributed by atoms with van der Waals surface area (Å²) in [5, 5.41) is 14.9. The molecule has 1 aliphatic heterocycles. The number of carbonyl (C=O) groups is 3. The third-order valence-corrected chi connectivity index (χ3v) is 4.57. The first-order chi connectivity index (χ1) is 13.6. The van der Waals surface area contributed by atoms with Crippen LogP contribution in [-0.4, -0.2) is 46.5 Å². The third kappa shape index (κ3) is 4.98. The summed E-state index contributed by atoms with van der Waals surface area (Å²) in [4.78, 5) is 37.7. The molecule has 2 atom stereocenters. The van der Waals surface area contributed by atoms with Gasteiger partial charge in [0.2, 0.25) is 5.91 Å². The fourth-order valence-corrected chi connectivity index (χ4v) is 3.12. The van der Waals surface area contributed by atoms with E-state index in [-0.39, 0.29) is 37.8 Å². The molecule has 4 amide bonds. The Morgan fingerprint density at radius 1 is 1.21 bits per heavy atom. The first-order valence-electron chi connectivity index (χ1n) is 9.15. The molecule has 0 spiro atoms. The summed E-state index contributed by atoms with van der Waals surface area (Å²) in [6, 6.07) is 11.3. The average Bonchev–Trinajstić information content (AvgIpc) is 3.30. The zero-order valence-electron chi connectivity index (χ0n) is 15.3. The smallest absolute Gasteiger partial charge is 0.325 e. The first kappa shape index (κ1) is 19.6. The van der Waals surface area contributed by atoms with Crippen LogP contribution in [0.25, 0.3) is 0 Å². The number of benzene rings is 1. The van der Waals surface area contributed by atoms with Gasteiger partial charge in [0, 0.05) is 6.42 Å². The van der Waals surface area contributed by atoms with Crippen molar-refractivity contribution in [2.24, 2.45) is 0 Å². The molecule has 1 aromatic heterocycles. The number of imide groups is 1. The predicted molar refractivity (Wildman–Crippen MR) is 100.0 cm³/mol. The van der Waals surface area contributed by atoms with Gasteiger partial charge in [0.15, 0.2) is 0 Å². The summed E-state index contributed by atoms with van der Waals surface area (Å²) < 4.78 is 5.17. The van der Waals surface area contributed by atoms with E-state index in [9.17, 15) is 19.5 Å². The van der Waals surface area contributed by atoms with Gasteiger partial charge < -0.3 is 20.2 Å². The molecular formula is C20H23N3O5. The zero-order chi connectivity index (χ0) is 19.9. The maximum atomic E-state index is 12.4. The van der Waals surface area contributed by atoms with Gasteiger partial charge in [-0.3, -0.25) is 14.5 Å². The monoisotopic (exact) mass is 385 g/mol. The summed E-state index contributed by atoms with van der Waals surface area (Å²) in [7, 11) is 0. The van der Waals surface area contributed by atoms with E-state index >= 15 is 0 Å². The van der Waals surface area contributed by atoms with Crippen molar-refractivity contribution >= 4 is 17.8 Å². The molecule has 0 aliphatic carbocycles. The first-order valence-corrected chi connectivity index (χ1v) is 9.15. The predicted octanol–water partition coefficient (Wildman–Crippen LogP) is 1.20. The highest BCUT2D eigenvalue weighted by Gasteiger charge is 2.38. The molecule has 3 rings (SSSR count). The van der Waals surface area contributed by atoms with E-state index in [1.54, 1.807) is 12.1 Å². The molecule has 3 N–H and O–H groups in total. The lowest BCUT2D eigenvalue weighted by Crippen LogP contribution is -2.40. The Bertz CT molecular complexity index is 807. The lowest BCUT2D eigenvalue weighted by molar-refractivity contribution is -0.128. The van der Waals surface area contributed by atoms with Crippen LogP contribution < -0.4 is 10.6 Å². The Labute approximate surface area is 162 Å². The van der Waals surface area contributed by atoms with Crippen LogP contribution in [0.3, 0.4) is 0 Å². The Morgan fingerprint density at radius 2 is 2.00 bits per heavy atom. The summed E-state index contributed by atoms with van der Waals surface area (Å²) in [6.45, 7) is -0.124. The average molecular weight is 385 g/mol. The quantitative estimate of drug-likeness (QED) is 0.562. The molecule has 1 saturated heterocycles. The van der Waals surface area contributed by atoms with Crippen molar-refractivity contribution < 1.29 is 23.9 Å². The van der Waals surface area contributed by atoms with Crippen molar-refractivity contribution in [3.8, 4) is 0 Å². The number of nitrogens with zero attached hydrogens (tertiary/aromatic N) is 1. The molecule has 148 valence electrons. The van der Waals surface area contributed by atoms with E-state index in [0.29, 0.717) is 12.2 Å². The summed E-state index contributed by atoms with van der Waals surface area (Å²) in [6.07, 6.45) is 2.24. The topological polar surface area (TPSA) is 112 Å². The highest BCUT2D eigenvalue weighted by atomic mass is 16.3. The zero-order valence-corrected chi connectivity index (χ0v) is 15.3. The number of rotatable bonds is 9. The highest BCUT2D eigenvalue weighted by Crippen LogP contribution is 2.15. The number of amides is 4. The van der Waals surface area contributed by atoms with Crippen molar-refractivity contribution in [2.45, 2.75) is 37.9 Å². The van der Waals surface area contributed by atoms with Crippen molar-refractivity contribution in [3.05, 3.63) is 60.1 Å². The van der Waals surface area contributed by atoms with Crippen LogP contribution in [0.5, 0.6) is 0 Å². The largest absolute Gasteiger partial charge is 0.467 e. The van der Waals surface area contributed by atoms with E-state index in [0.717, 1.165) is 10.5 Å². The Kier molecular flexibility index (Phi) is 6.44. The van der Waals surface area contributed by atoms with Crippen LogP contribution in [0.1, 0.15) is 24.2 Å². The van der Waals surface area contributed by atoms with Crippen LogP contribution in [0.4, 0.5) is 4.79 Å². The second-order valence-electron chi connectivity index (χ2n) is 6.68. The highest BCUT2D eigenvalue weighted by molar-refractivity contribution is 6.04. The Hall–Kier alpha value is -3.13. The maximum absolute atomic E-state index is 12.4. The van der Waals surface area contributed by atoms with Gasteiger partial charge in [0.1, 0.15) is 11.8 Å². The number of carbonyl (C=O) groups excluding carboxylic acids is 3. The van der Waals surface area contributed by atoms with Crippen LogP contribution in [0.15, 0.2) is 53.1 Å². The SMILES string of the molecule is O=C(CCC1NC(=O)N(Cc2ccco2)C1=O)NC(CO)Cc1ccccc1. The van der Waals surface area contributed by atoms with Crippen LogP contribution in [0, 0.1) is 0 Å². The fraction of sp³-hybridized carbons (Fsp3) is 0.350. The van der Waals surface area contributed by atoms with Crippen LogP contribution in [-0.2, 0) is 22.6 Å². The maximum Gasteiger partial charge on any atom is 0.325 e. The minimum atomic E-state index is -0.741. The van der Waals surface area contributed by atoms with E-state index in [2.05, 4.69) is 10.6 Å². The molecule has 2 aromatic rings. The number of aliphatic hydroxyl groups excluding tert-OH is 1. The standard InChI is InChI=1S/C20H23N3O5/c24-13-15(11-14-5-2-1-3-6-14)21-18(25)9-8-17-19(26)23(20(27)22-17)12-16-7-4-10-28-16/h1-7,10,15,17,24H,8-9,11-13H2,(H,21,25)(H,22,27). The molecule has 1 aliphatic rings. The molecule has 1 aromatic carbocycles. The van der Waals surface area contributed by atoms with Crippen LogP contribution >= 0.6 is 0 Å². The molecule has 2 heterocycles. The minimum absolute atomic E-state index is 0.0595. The van der Waals surface area contributed by atoms with E-state index in [1.807, 2.05) is 30.3 Å². The van der Waals surface area contributed by atoms with Gasteiger partial charge in [-0.15, -0.1) is 0 Å². The van der Waals surface area contributed by atoms with Gasteiger partial charge in [0.05, 0.1) is 25.5 Å². The van der Waals surface area contributed by atoms with Gasteiger partial charge in [0.25, 0.3) is 5.91 Å². The number of urea groups is 1. The molecule has 8 heteroatoms. The van der Waals surface area contributed by atoms with Crippen LogP contribution in [0.2, 0.25) is 0 Å². The van der Waals surface area contributed by atoms with Gasteiger partial charge >= 0.3 is 6.03 Å². The van der Waals surface area contributed by atoms with Gasteiger partial charge in [-0.05, 0) is 30.5 Å².